The summed E-state index contributed by atoms with van der Waals surface area (Å²) in [6.45, 7) is 9.25. The van der Waals surface area contributed by atoms with E-state index >= 15 is 0 Å². The maximum absolute atomic E-state index is 6.01. The summed E-state index contributed by atoms with van der Waals surface area (Å²) in [5, 5.41) is 4.43. The fraction of sp³-hybridized carbons (Fsp3) is 0.700. The summed E-state index contributed by atoms with van der Waals surface area (Å²) >= 11 is 0. The molecule has 0 unspecified atom stereocenters. The number of nitrogens with zero attached hydrogens (tertiary/aromatic N) is 2. The smallest absolute Gasteiger partial charge is 0.0644 e. The highest BCUT2D eigenvalue weighted by molar-refractivity contribution is 5.27. The molecule has 0 aliphatic carbocycles. The van der Waals surface area contributed by atoms with E-state index in [4.69, 9.17) is 5.73 Å². The Balaban J connectivity index is 3.12. The van der Waals surface area contributed by atoms with Crippen LogP contribution in [0.15, 0.2) is 0 Å². The maximum atomic E-state index is 6.01. The van der Waals surface area contributed by atoms with Gasteiger partial charge in [0, 0.05) is 23.8 Å². The number of rotatable bonds is 3. The van der Waals surface area contributed by atoms with Crippen molar-refractivity contribution in [2.24, 2.45) is 5.73 Å². The van der Waals surface area contributed by atoms with Gasteiger partial charge in [0.25, 0.3) is 0 Å². The highest BCUT2D eigenvalue weighted by Crippen LogP contribution is 2.21. The van der Waals surface area contributed by atoms with Crippen molar-refractivity contribution in [3.8, 4) is 0 Å². The van der Waals surface area contributed by atoms with Gasteiger partial charge in [0.05, 0.1) is 5.69 Å². The quantitative estimate of drug-likeness (QED) is 0.774. The third kappa shape index (κ3) is 1.75. The molecule has 0 radical (unpaired) electrons. The number of aryl methyl sites for hydroxylation is 2. The molecule has 0 aliphatic heterocycles. The first-order valence-electron chi connectivity index (χ1n) is 4.91. The second-order valence-electron chi connectivity index (χ2n) is 3.41. The highest BCUT2D eigenvalue weighted by atomic mass is 15.3. The Morgan fingerprint density at radius 1 is 1.38 bits per heavy atom. The summed E-state index contributed by atoms with van der Waals surface area (Å²) in [4.78, 5) is 0. The maximum Gasteiger partial charge on any atom is 0.0644 e. The molecular weight excluding hydrogens is 162 g/mol. The Morgan fingerprint density at radius 2 is 2.00 bits per heavy atom. The zero-order chi connectivity index (χ0) is 10.0. The van der Waals surface area contributed by atoms with Crippen LogP contribution in [0.5, 0.6) is 0 Å². The molecule has 1 atom stereocenters. The van der Waals surface area contributed by atoms with E-state index < -0.39 is 0 Å². The van der Waals surface area contributed by atoms with Gasteiger partial charge in [-0.15, -0.1) is 0 Å². The van der Waals surface area contributed by atoms with Gasteiger partial charge in [0.2, 0.25) is 0 Å². The van der Waals surface area contributed by atoms with Crippen LogP contribution in [0.4, 0.5) is 0 Å². The van der Waals surface area contributed by atoms with Crippen molar-refractivity contribution in [1.29, 1.82) is 0 Å². The summed E-state index contributed by atoms with van der Waals surface area (Å²) < 4.78 is 2.01. The van der Waals surface area contributed by atoms with Gasteiger partial charge < -0.3 is 5.73 Å². The third-order valence-corrected chi connectivity index (χ3v) is 2.55. The lowest BCUT2D eigenvalue weighted by molar-refractivity contribution is 0.628. The predicted octanol–water partition coefficient (Wildman–Crippen LogP) is 1.93. The Kier molecular flexibility index (Phi) is 3.09. The lowest BCUT2D eigenvalue weighted by Crippen LogP contribution is -2.11. The molecule has 0 aromatic carbocycles. The molecule has 1 heterocycles. The largest absolute Gasteiger partial charge is 0.324 e. The Morgan fingerprint density at radius 3 is 2.38 bits per heavy atom. The van der Waals surface area contributed by atoms with Gasteiger partial charge in [0.1, 0.15) is 0 Å². The predicted molar refractivity (Wildman–Crippen MR) is 54.6 cm³/mol. The lowest BCUT2D eigenvalue weighted by atomic mass is 10.0. The van der Waals surface area contributed by atoms with Gasteiger partial charge in [-0.05, 0) is 27.2 Å². The third-order valence-electron chi connectivity index (χ3n) is 2.55. The van der Waals surface area contributed by atoms with Crippen LogP contribution >= 0.6 is 0 Å². The molecule has 0 aliphatic rings. The second kappa shape index (κ2) is 3.92. The van der Waals surface area contributed by atoms with Crippen LogP contribution in [-0.4, -0.2) is 9.78 Å². The molecule has 0 bridgehead atoms. The van der Waals surface area contributed by atoms with Crippen LogP contribution in [0, 0.1) is 13.8 Å². The summed E-state index contributed by atoms with van der Waals surface area (Å²) in [5.74, 6) is 0. The van der Waals surface area contributed by atoms with Crippen LogP contribution < -0.4 is 5.73 Å². The number of hydrogen-bond donors (Lipinski definition) is 1. The molecule has 3 nitrogen and oxygen atoms in total. The molecule has 0 amide bonds. The van der Waals surface area contributed by atoms with Crippen molar-refractivity contribution in [3.05, 3.63) is 17.0 Å². The van der Waals surface area contributed by atoms with Crippen molar-refractivity contribution in [2.75, 3.05) is 0 Å². The molecule has 1 aromatic rings. The first-order chi connectivity index (χ1) is 6.11. The van der Waals surface area contributed by atoms with Crippen LogP contribution in [0.1, 0.15) is 43.3 Å². The topological polar surface area (TPSA) is 43.8 Å². The standard InChI is InChI=1S/C10H19N3/c1-5-9(11)10-7(3)12-13(6-2)8(10)4/h9H,5-6,11H2,1-4H3/t9-/m1/s1. The Labute approximate surface area is 79.9 Å². The van der Waals surface area contributed by atoms with Crippen molar-refractivity contribution < 1.29 is 0 Å². The van der Waals surface area contributed by atoms with Gasteiger partial charge in [-0.1, -0.05) is 6.92 Å². The normalized spacial score (nSPS) is 13.3. The fourth-order valence-electron chi connectivity index (χ4n) is 1.76. The molecule has 2 N–H and O–H groups in total. The molecule has 1 rings (SSSR count). The molecule has 0 fully saturated rings. The number of hydrogen-bond acceptors (Lipinski definition) is 2. The lowest BCUT2D eigenvalue weighted by Gasteiger charge is -2.09. The van der Waals surface area contributed by atoms with Crippen LogP contribution in [-0.2, 0) is 6.54 Å². The summed E-state index contributed by atoms with van der Waals surface area (Å²) in [6.07, 6.45) is 0.969. The zero-order valence-electron chi connectivity index (χ0n) is 8.96. The molecule has 13 heavy (non-hydrogen) atoms. The SMILES string of the molecule is CC[C@@H](N)c1c(C)nn(CC)c1C. The first-order valence-corrected chi connectivity index (χ1v) is 4.91. The average molecular weight is 181 g/mol. The van der Waals surface area contributed by atoms with E-state index in [0.717, 1.165) is 18.7 Å². The minimum Gasteiger partial charge on any atom is -0.324 e. The van der Waals surface area contributed by atoms with Crippen molar-refractivity contribution in [1.82, 2.24) is 9.78 Å². The summed E-state index contributed by atoms with van der Waals surface area (Å²) in [5.41, 5.74) is 9.53. The minimum absolute atomic E-state index is 0.139. The number of nitrogens with two attached hydrogens (primary N) is 1. The van der Waals surface area contributed by atoms with Crippen molar-refractivity contribution in [2.45, 2.75) is 46.7 Å². The molecule has 0 saturated heterocycles. The van der Waals surface area contributed by atoms with Crippen LogP contribution in [0.3, 0.4) is 0 Å². The van der Waals surface area contributed by atoms with E-state index in [9.17, 15) is 0 Å². The zero-order valence-corrected chi connectivity index (χ0v) is 8.96. The van der Waals surface area contributed by atoms with Crippen LogP contribution in [0.2, 0.25) is 0 Å². The molecule has 0 spiro atoms. The van der Waals surface area contributed by atoms with E-state index in [-0.39, 0.29) is 6.04 Å². The molecular formula is C10H19N3. The number of aromatic nitrogens is 2. The van der Waals surface area contributed by atoms with Gasteiger partial charge >= 0.3 is 0 Å². The van der Waals surface area contributed by atoms with E-state index in [1.807, 2.05) is 11.6 Å². The van der Waals surface area contributed by atoms with E-state index in [1.165, 1.54) is 11.3 Å². The summed E-state index contributed by atoms with van der Waals surface area (Å²) in [6, 6.07) is 0.139. The Hall–Kier alpha value is -0.830. The minimum atomic E-state index is 0.139. The highest BCUT2D eigenvalue weighted by Gasteiger charge is 2.15. The van der Waals surface area contributed by atoms with Crippen LogP contribution in [0.25, 0.3) is 0 Å². The molecule has 3 heteroatoms. The van der Waals surface area contributed by atoms with Gasteiger partial charge in [-0.3, -0.25) is 4.68 Å². The monoisotopic (exact) mass is 181 g/mol. The van der Waals surface area contributed by atoms with E-state index in [0.29, 0.717) is 0 Å². The molecule has 1 aromatic heterocycles. The van der Waals surface area contributed by atoms with Crippen molar-refractivity contribution >= 4 is 0 Å². The molecule has 0 saturated carbocycles. The summed E-state index contributed by atoms with van der Waals surface area (Å²) in [7, 11) is 0. The van der Waals surface area contributed by atoms with Gasteiger partial charge in [0.15, 0.2) is 0 Å². The van der Waals surface area contributed by atoms with Gasteiger partial charge in [-0.25, -0.2) is 0 Å². The van der Waals surface area contributed by atoms with E-state index in [1.54, 1.807) is 0 Å². The molecule has 74 valence electrons. The second-order valence-corrected chi connectivity index (χ2v) is 3.41. The van der Waals surface area contributed by atoms with Crippen molar-refractivity contribution in [3.63, 3.8) is 0 Å². The Bertz CT molecular complexity index is 289. The average Bonchev–Trinajstić information content (AvgIpc) is 2.40. The fourth-order valence-corrected chi connectivity index (χ4v) is 1.76. The first kappa shape index (κ1) is 10.3. The van der Waals surface area contributed by atoms with Gasteiger partial charge in [-0.2, -0.15) is 5.10 Å². The van der Waals surface area contributed by atoms with E-state index in [2.05, 4.69) is 25.9 Å².